The molecule has 2 aromatic carbocycles. The van der Waals surface area contributed by atoms with Gasteiger partial charge >= 0.3 is 0 Å². The van der Waals surface area contributed by atoms with Crippen molar-refractivity contribution in [2.24, 2.45) is 4.99 Å². The minimum absolute atomic E-state index is 0.364. The van der Waals surface area contributed by atoms with E-state index in [2.05, 4.69) is 40.7 Å². The Morgan fingerprint density at radius 2 is 1.76 bits per heavy atom. The summed E-state index contributed by atoms with van der Waals surface area (Å²) in [5.74, 6) is 0.739. The maximum atomic E-state index is 12.6. The van der Waals surface area contributed by atoms with Gasteiger partial charge < -0.3 is 10.6 Å². The summed E-state index contributed by atoms with van der Waals surface area (Å²) in [6.45, 7) is 7.29. The smallest absolute Gasteiger partial charge is 0.243 e. The van der Waals surface area contributed by atoms with Gasteiger partial charge in [-0.05, 0) is 49.9 Å². The van der Waals surface area contributed by atoms with Gasteiger partial charge in [-0.2, -0.15) is 4.31 Å². The lowest BCUT2D eigenvalue weighted by molar-refractivity contribution is 0.477. The van der Waals surface area contributed by atoms with Crippen molar-refractivity contribution in [1.82, 2.24) is 14.9 Å². The lowest BCUT2D eigenvalue weighted by atomic mass is 10.1. The van der Waals surface area contributed by atoms with Gasteiger partial charge in [-0.3, -0.25) is 0 Å². The molecule has 0 spiro atoms. The van der Waals surface area contributed by atoms with Crippen LogP contribution < -0.4 is 10.6 Å². The summed E-state index contributed by atoms with van der Waals surface area (Å²) in [6, 6.07) is 15.4. The number of aliphatic imine (C=N–C) groups is 1. The molecule has 0 unspecified atom stereocenters. The predicted molar refractivity (Wildman–Crippen MR) is 117 cm³/mol. The molecule has 3 rings (SSSR count). The van der Waals surface area contributed by atoms with Crippen LogP contribution in [0.1, 0.15) is 36.5 Å². The summed E-state index contributed by atoms with van der Waals surface area (Å²) in [6.07, 6.45) is 1.88. The Balaban J connectivity index is 1.61. The Morgan fingerprint density at radius 3 is 2.41 bits per heavy atom. The molecule has 0 saturated carbocycles. The molecule has 1 saturated heterocycles. The van der Waals surface area contributed by atoms with E-state index < -0.39 is 10.0 Å². The molecule has 0 bridgehead atoms. The molecular weight excluding hydrogens is 384 g/mol. The molecule has 29 heavy (non-hydrogen) atoms. The Kier molecular flexibility index (Phi) is 7.28. The predicted octanol–water partition coefficient (Wildman–Crippen LogP) is 3.03. The highest BCUT2D eigenvalue weighted by atomic mass is 32.2. The summed E-state index contributed by atoms with van der Waals surface area (Å²) >= 11 is 0. The minimum atomic E-state index is -3.36. The highest BCUT2D eigenvalue weighted by Gasteiger charge is 2.26. The number of nitrogens with zero attached hydrogens (tertiary/aromatic N) is 2. The van der Waals surface area contributed by atoms with Crippen LogP contribution in [0.3, 0.4) is 0 Å². The van der Waals surface area contributed by atoms with E-state index in [-0.39, 0.29) is 0 Å². The van der Waals surface area contributed by atoms with E-state index >= 15 is 0 Å². The number of hydrogen-bond donors (Lipinski definition) is 2. The van der Waals surface area contributed by atoms with Crippen molar-refractivity contribution in [3.05, 3.63) is 65.2 Å². The molecule has 1 aliphatic heterocycles. The maximum absolute atomic E-state index is 12.6. The fraction of sp³-hybridized carbons (Fsp3) is 0.409. The molecule has 6 nitrogen and oxygen atoms in total. The molecule has 2 aromatic rings. The first-order valence-electron chi connectivity index (χ1n) is 10.2. The van der Waals surface area contributed by atoms with Gasteiger partial charge in [-0.25, -0.2) is 13.4 Å². The van der Waals surface area contributed by atoms with Crippen molar-refractivity contribution < 1.29 is 8.42 Å². The number of aryl methyl sites for hydroxylation is 1. The van der Waals surface area contributed by atoms with E-state index in [4.69, 9.17) is 0 Å². The summed E-state index contributed by atoms with van der Waals surface area (Å²) in [7, 11) is -3.36. The number of benzene rings is 2. The second-order valence-corrected chi connectivity index (χ2v) is 9.23. The fourth-order valence-electron chi connectivity index (χ4n) is 3.37. The SMILES string of the molecule is CCNC(=NCc1cccc(C)c1)NCc1ccc(S(=O)(=O)N2CCCC2)cc1. The second-order valence-electron chi connectivity index (χ2n) is 7.29. The van der Waals surface area contributed by atoms with Gasteiger partial charge in [0.05, 0.1) is 11.4 Å². The lowest BCUT2D eigenvalue weighted by Crippen LogP contribution is -2.36. The third-order valence-electron chi connectivity index (χ3n) is 4.93. The quantitative estimate of drug-likeness (QED) is 0.540. The van der Waals surface area contributed by atoms with E-state index in [9.17, 15) is 8.42 Å². The molecular formula is C22H30N4O2S. The van der Waals surface area contributed by atoms with Gasteiger partial charge in [0.1, 0.15) is 0 Å². The summed E-state index contributed by atoms with van der Waals surface area (Å²) in [5.41, 5.74) is 3.39. The third-order valence-corrected chi connectivity index (χ3v) is 6.85. The van der Waals surface area contributed by atoms with Crippen LogP contribution in [-0.4, -0.2) is 38.3 Å². The average molecular weight is 415 g/mol. The summed E-state index contributed by atoms with van der Waals surface area (Å²) in [4.78, 5) is 5.00. The summed E-state index contributed by atoms with van der Waals surface area (Å²) < 4.78 is 26.8. The molecule has 0 radical (unpaired) electrons. The number of sulfonamides is 1. The Hall–Kier alpha value is -2.38. The van der Waals surface area contributed by atoms with Crippen LogP contribution in [0.15, 0.2) is 58.4 Å². The van der Waals surface area contributed by atoms with Gasteiger partial charge in [0.2, 0.25) is 10.0 Å². The van der Waals surface area contributed by atoms with Crippen molar-refractivity contribution in [2.45, 2.75) is 44.7 Å². The van der Waals surface area contributed by atoms with Gasteiger partial charge in [-0.1, -0.05) is 42.0 Å². The Labute approximate surface area is 174 Å². The van der Waals surface area contributed by atoms with Crippen LogP contribution in [0.2, 0.25) is 0 Å². The molecule has 1 aliphatic rings. The number of nitrogens with one attached hydrogen (secondary N) is 2. The Morgan fingerprint density at radius 1 is 1.03 bits per heavy atom. The number of guanidine groups is 1. The van der Waals surface area contributed by atoms with Crippen LogP contribution in [0, 0.1) is 6.92 Å². The molecule has 1 heterocycles. The first-order chi connectivity index (χ1) is 14.0. The standard InChI is InChI=1S/C22H30N4O2S/c1-3-23-22(25-17-20-8-6-7-18(2)15-20)24-16-19-9-11-21(12-10-19)29(27,28)26-13-4-5-14-26/h6-12,15H,3-5,13-14,16-17H2,1-2H3,(H2,23,24,25). The molecule has 156 valence electrons. The van der Waals surface area contributed by atoms with E-state index in [0.717, 1.165) is 30.9 Å². The first kappa shape index (κ1) is 21.3. The Bertz CT molecular complexity index is 934. The van der Waals surface area contributed by atoms with E-state index in [1.165, 1.54) is 11.1 Å². The lowest BCUT2D eigenvalue weighted by Gasteiger charge is -2.16. The fourth-order valence-corrected chi connectivity index (χ4v) is 4.88. The van der Waals surface area contributed by atoms with Gasteiger partial charge in [-0.15, -0.1) is 0 Å². The summed E-state index contributed by atoms with van der Waals surface area (Å²) in [5, 5.41) is 6.56. The van der Waals surface area contributed by atoms with Crippen molar-refractivity contribution in [3.8, 4) is 0 Å². The maximum Gasteiger partial charge on any atom is 0.243 e. The van der Waals surface area contributed by atoms with Gasteiger partial charge in [0, 0.05) is 26.2 Å². The van der Waals surface area contributed by atoms with Crippen LogP contribution in [-0.2, 0) is 23.1 Å². The number of hydrogen-bond acceptors (Lipinski definition) is 3. The van der Waals surface area contributed by atoms with Crippen molar-refractivity contribution in [1.29, 1.82) is 0 Å². The number of rotatable bonds is 7. The molecule has 0 aromatic heterocycles. The molecule has 0 aliphatic carbocycles. The molecule has 0 amide bonds. The molecule has 1 fully saturated rings. The minimum Gasteiger partial charge on any atom is -0.357 e. The third kappa shape index (κ3) is 5.81. The second kappa shape index (κ2) is 9.89. The molecule has 2 N–H and O–H groups in total. The topological polar surface area (TPSA) is 73.8 Å². The zero-order chi connectivity index (χ0) is 20.7. The van der Waals surface area contributed by atoms with E-state index in [0.29, 0.717) is 31.1 Å². The van der Waals surface area contributed by atoms with Gasteiger partial charge in [0.25, 0.3) is 0 Å². The van der Waals surface area contributed by atoms with E-state index in [1.54, 1.807) is 16.4 Å². The van der Waals surface area contributed by atoms with Gasteiger partial charge in [0.15, 0.2) is 5.96 Å². The normalized spacial score (nSPS) is 15.4. The first-order valence-corrected chi connectivity index (χ1v) is 11.6. The molecule has 0 atom stereocenters. The van der Waals surface area contributed by atoms with Crippen molar-refractivity contribution in [2.75, 3.05) is 19.6 Å². The van der Waals surface area contributed by atoms with E-state index in [1.807, 2.05) is 25.1 Å². The van der Waals surface area contributed by atoms with Crippen LogP contribution >= 0.6 is 0 Å². The van der Waals surface area contributed by atoms with Crippen molar-refractivity contribution in [3.63, 3.8) is 0 Å². The van der Waals surface area contributed by atoms with Crippen LogP contribution in [0.4, 0.5) is 0 Å². The zero-order valence-electron chi connectivity index (χ0n) is 17.2. The largest absolute Gasteiger partial charge is 0.357 e. The highest BCUT2D eigenvalue weighted by Crippen LogP contribution is 2.21. The van der Waals surface area contributed by atoms with Crippen molar-refractivity contribution >= 4 is 16.0 Å². The average Bonchev–Trinajstić information content (AvgIpc) is 3.26. The highest BCUT2D eigenvalue weighted by molar-refractivity contribution is 7.89. The van der Waals surface area contributed by atoms with Crippen LogP contribution in [0.25, 0.3) is 0 Å². The zero-order valence-corrected chi connectivity index (χ0v) is 18.0. The van der Waals surface area contributed by atoms with Crippen LogP contribution in [0.5, 0.6) is 0 Å². The monoisotopic (exact) mass is 414 g/mol. The molecule has 7 heteroatoms.